The third-order valence-electron chi connectivity index (χ3n) is 8.03. The van der Waals surface area contributed by atoms with Crippen molar-refractivity contribution in [2.24, 2.45) is 0 Å². The van der Waals surface area contributed by atoms with Crippen LogP contribution < -0.4 is 29.4 Å². The molecule has 0 aromatic heterocycles. The van der Waals surface area contributed by atoms with Crippen molar-refractivity contribution in [3.8, 4) is 0 Å². The fourth-order valence-corrected chi connectivity index (χ4v) is 5.49. The Morgan fingerprint density at radius 3 is 0.775 bits per heavy atom. The Hall–Kier alpha value is 1.27. The number of unbranched alkanes of at least 4 members (excludes halogenated alkanes) is 18. The van der Waals surface area contributed by atoms with Crippen molar-refractivity contribution in [3.63, 3.8) is 0 Å². The highest BCUT2D eigenvalue weighted by atomic mass is 79.9. The molecule has 0 fully saturated rings. The van der Waals surface area contributed by atoms with Crippen LogP contribution in [-0.4, -0.2) is 75.1 Å². The van der Waals surface area contributed by atoms with E-state index in [1.54, 1.807) is 0 Å². The first-order chi connectivity index (χ1) is 18.2. The maximum atomic E-state index is 5.76. The van der Waals surface area contributed by atoms with Gasteiger partial charge in [-0.15, -0.1) is 23.2 Å². The van der Waals surface area contributed by atoms with Crippen LogP contribution in [0.3, 0.4) is 0 Å². The van der Waals surface area contributed by atoms with Gasteiger partial charge in [0.25, 0.3) is 0 Å². The Bertz CT molecular complexity index is 411. The molecule has 0 saturated carbocycles. The van der Waals surface area contributed by atoms with Crippen LogP contribution in [0.4, 0.5) is 0 Å². The minimum absolute atomic E-state index is 0. The summed E-state index contributed by atoms with van der Waals surface area (Å²) in [5, 5.41) is 0. The lowest BCUT2D eigenvalue weighted by molar-refractivity contribution is -0.890. The summed E-state index contributed by atoms with van der Waals surface area (Å²) in [5.41, 5.74) is 0. The molecule has 0 atom stereocenters. The zero-order valence-corrected chi connectivity index (χ0v) is 32.1. The van der Waals surface area contributed by atoms with E-state index in [1.165, 1.54) is 155 Å². The molecule has 0 aromatic rings. The normalized spacial score (nSPS) is 11.4. The second kappa shape index (κ2) is 36.5. The van der Waals surface area contributed by atoms with Crippen molar-refractivity contribution in [3.05, 3.63) is 0 Å². The van der Waals surface area contributed by atoms with Crippen LogP contribution in [-0.2, 0) is 0 Å². The predicted molar refractivity (Wildman–Crippen MR) is 178 cm³/mol. The zero-order valence-electron chi connectivity index (χ0n) is 28.2. The van der Waals surface area contributed by atoms with E-state index in [-0.39, 0.29) is 29.4 Å². The third-order valence-corrected chi connectivity index (χ3v) is 8.56. The molecule has 0 amide bonds. The van der Waals surface area contributed by atoms with Crippen molar-refractivity contribution < 1.29 is 38.4 Å². The first-order valence-corrected chi connectivity index (χ1v) is 18.1. The lowest BCUT2D eigenvalue weighted by Gasteiger charge is -2.29. The number of nitrogens with zero attached hydrogens (tertiary/aromatic N) is 2. The summed E-state index contributed by atoms with van der Waals surface area (Å²) in [6.07, 6.45) is 30.8. The number of rotatable bonds is 28. The van der Waals surface area contributed by atoms with Gasteiger partial charge in [-0.2, -0.15) is 0 Å². The summed E-state index contributed by atoms with van der Waals surface area (Å²) >= 11 is 11.5. The fourth-order valence-electron chi connectivity index (χ4n) is 5.25. The average molecular weight is 697 g/mol. The van der Waals surface area contributed by atoms with Crippen molar-refractivity contribution in [2.75, 3.05) is 66.1 Å². The number of hydrogen-bond donors (Lipinski definition) is 0. The first kappa shape index (κ1) is 48.2. The van der Waals surface area contributed by atoms with Gasteiger partial charge in [-0.3, -0.25) is 0 Å². The van der Waals surface area contributed by atoms with E-state index in [0.717, 1.165) is 33.6 Å². The van der Waals surface area contributed by atoms with Gasteiger partial charge in [0.15, 0.2) is 0 Å². The van der Waals surface area contributed by atoms with Gasteiger partial charge in [0, 0.05) is 24.6 Å². The Labute approximate surface area is 281 Å². The molecule has 0 radical (unpaired) electrons. The minimum atomic E-state index is 0. The quantitative estimate of drug-likeness (QED) is 0.0598. The summed E-state index contributed by atoms with van der Waals surface area (Å²) < 4.78 is 2.29. The van der Waals surface area contributed by atoms with Crippen molar-refractivity contribution in [1.82, 2.24) is 0 Å². The highest BCUT2D eigenvalue weighted by Crippen LogP contribution is 2.13. The number of alkyl halides is 2. The molecule has 0 heterocycles. The lowest BCUT2D eigenvalue weighted by Crippen LogP contribution is -3.00. The summed E-state index contributed by atoms with van der Waals surface area (Å²) in [4.78, 5) is 0. The molecule has 0 spiro atoms. The van der Waals surface area contributed by atoms with Crippen LogP contribution in [0, 0.1) is 0 Å². The number of hydrogen-bond acceptors (Lipinski definition) is 0. The average Bonchev–Trinajstić information content (AvgIpc) is 2.89. The Balaban J connectivity index is -0.000000309. The van der Waals surface area contributed by atoms with Crippen molar-refractivity contribution >= 4 is 23.2 Å². The largest absolute Gasteiger partial charge is 1.00 e. The van der Waals surface area contributed by atoms with E-state index >= 15 is 0 Å². The van der Waals surface area contributed by atoms with Crippen molar-refractivity contribution in [1.29, 1.82) is 0 Å². The monoisotopic (exact) mass is 694 g/mol. The van der Waals surface area contributed by atoms with Crippen LogP contribution in [0.25, 0.3) is 0 Å². The molecule has 2 nitrogen and oxygen atoms in total. The van der Waals surface area contributed by atoms with Gasteiger partial charge < -0.3 is 38.4 Å². The summed E-state index contributed by atoms with van der Waals surface area (Å²) in [7, 11) is 9.33. The van der Waals surface area contributed by atoms with Gasteiger partial charge in [-0.05, 0) is 25.7 Å². The van der Waals surface area contributed by atoms with Crippen LogP contribution in [0.5, 0.6) is 0 Å². The van der Waals surface area contributed by atoms with Gasteiger partial charge in [0.1, 0.15) is 0 Å². The molecular formula is C34H74BrCl3N2. The van der Waals surface area contributed by atoms with E-state index in [0.29, 0.717) is 0 Å². The fraction of sp³-hybridized carbons (Fsp3) is 1.00. The molecule has 0 unspecified atom stereocenters. The molecule has 0 aliphatic heterocycles. The maximum Gasteiger partial charge on any atom is 0.0794 e. The predicted octanol–water partition coefficient (Wildman–Crippen LogP) is 5.23. The maximum absolute atomic E-state index is 5.76. The molecule has 0 aliphatic carbocycles. The van der Waals surface area contributed by atoms with Crippen LogP contribution in [0.15, 0.2) is 0 Å². The van der Waals surface area contributed by atoms with E-state index in [4.69, 9.17) is 23.2 Å². The van der Waals surface area contributed by atoms with Crippen LogP contribution in [0.2, 0.25) is 0 Å². The molecular weight excluding hydrogens is 623 g/mol. The summed E-state index contributed by atoms with van der Waals surface area (Å²) in [5.74, 6) is 1.61. The highest BCUT2D eigenvalue weighted by molar-refractivity contribution is 6.18. The molecule has 0 N–H and O–H groups in total. The Kier molecular flexibility index (Phi) is 43.9. The van der Waals surface area contributed by atoms with Crippen LogP contribution >= 0.6 is 23.2 Å². The van der Waals surface area contributed by atoms with E-state index < -0.39 is 0 Å². The first-order valence-electron chi connectivity index (χ1n) is 17.0. The second-order valence-corrected chi connectivity index (χ2v) is 14.0. The molecule has 248 valence electrons. The second-order valence-electron chi connectivity index (χ2n) is 13.2. The lowest BCUT2D eigenvalue weighted by atomic mass is 10.1. The van der Waals surface area contributed by atoms with E-state index in [2.05, 4.69) is 42.0 Å². The Morgan fingerprint density at radius 2 is 0.550 bits per heavy atom. The van der Waals surface area contributed by atoms with Gasteiger partial charge in [-0.1, -0.05) is 117 Å². The van der Waals surface area contributed by atoms with E-state index in [1.807, 2.05) is 0 Å². The van der Waals surface area contributed by atoms with Gasteiger partial charge in [0.2, 0.25) is 0 Å². The SMILES string of the molecule is CCCCCCCCCCCC[N+](C)(C)CCCCl.CCCCCCCCCCCC[N+](C)(C)CCCCl.[Br-].[Cl-]. The zero-order chi connectivity index (χ0) is 28.8. The minimum Gasteiger partial charge on any atom is -1.00 e. The highest BCUT2D eigenvalue weighted by Gasteiger charge is 2.14. The third kappa shape index (κ3) is 41.4. The summed E-state index contributed by atoms with van der Waals surface area (Å²) in [6.45, 7) is 9.64. The van der Waals surface area contributed by atoms with Gasteiger partial charge >= 0.3 is 0 Å². The molecule has 0 aromatic carbocycles. The van der Waals surface area contributed by atoms with Crippen LogP contribution in [0.1, 0.15) is 155 Å². The molecule has 6 heteroatoms. The van der Waals surface area contributed by atoms with E-state index in [9.17, 15) is 0 Å². The van der Waals surface area contributed by atoms with Gasteiger partial charge in [0.05, 0.1) is 54.4 Å². The molecule has 0 bridgehead atoms. The topological polar surface area (TPSA) is 0 Å². The molecule has 40 heavy (non-hydrogen) atoms. The smallest absolute Gasteiger partial charge is 0.0794 e. The molecule has 0 saturated heterocycles. The number of quaternary nitrogens is 2. The molecule has 0 rings (SSSR count). The molecule has 0 aliphatic rings. The van der Waals surface area contributed by atoms with Gasteiger partial charge in [-0.25, -0.2) is 0 Å². The Morgan fingerprint density at radius 1 is 0.350 bits per heavy atom. The number of halogens is 4. The summed E-state index contributed by atoms with van der Waals surface area (Å²) in [6, 6.07) is 0. The van der Waals surface area contributed by atoms with Crippen molar-refractivity contribution in [2.45, 2.75) is 155 Å². The standard InChI is InChI=1S/2C17H37ClN.BrH.ClH/c2*1-4-5-6-7-8-9-10-11-12-13-16-19(2,3)17-14-15-18;;/h2*4-17H2,1-3H3;2*1H/q2*+1;;/p-2.